The van der Waals surface area contributed by atoms with E-state index in [1.54, 1.807) is 7.11 Å². The number of benzene rings is 2. The first kappa shape index (κ1) is 14.5. The molecule has 0 spiro atoms. The van der Waals surface area contributed by atoms with Gasteiger partial charge in [0, 0.05) is 24.2 Å². The molecule has 0 radical (unpaired) electrons. The van der Waals surface area contributed by atoms with Gasteiger partial charge in [-0.15, -0.1) is 0 Å². The van der Waals surface area contributed by atoms with Gasteiger partial charge in [-0.1, -0.05) is 18.2 Å². The van der Waals surface area contributed by atoms with Gasteiger partial charge in [-0.3, -0.25) is 14.9 Å². The van der Waals surface area contributed by atoms with Crippen molar-refractivity contribution < 1.29 is 14.5 Å². The standard InChI is InChI=1S/C15H14N2O4/c1-21-14-7-2-4-11(8-14)10-16-15(18)12-5-3-6-13(9-12)17(19)20/h2-9H,10H2,1H3,(H,16,18). The van der Waals surface area contributed by atoms with Crippen molar-refractivity contribution in [2.45, 2.75) is 6.54 Å². The molecule has 21 heavy (non-hydrogen) atoms. The number of non-ortho nitro benzene ring substituents is 1. The van der Waals surface area contributed by atoms with Crippen molar-refractivity contribution in [3.05, 3.63) is 69.8 Å². The predicted octanol–water partition coefficient (Wildman–Crippen LogP) is 2.53. The first-order chi connectivity index (χ1) is 10.1. The number of rotatable bonds is 5. The summed E-state index contributed by atoms with van der Waals surface area (Å²) in [4.78, 5) is 22.1. The Hall–Kier alpha value is -2.89. The molecule has 0 unspecified atom stereocenters. The lowest BCUT2D eigenvalue weighted by Gasteiger charge is -2.07. The van der Waals surface area contributed by atoms with E-state index in [0.717, 1.165) is 5.56 Å². The number of amides is 1. The van der Waals surface area contributed by atoms with Gasteiger partial charge in [-0.2, -0.15) is 0 Å². The zero-order chi connectivity index (χ0) is 15.2. The smallest absolute Gasteiger partial charge is 0.270 e. The second-order valence-corrected chi connectivity index (χ2v) is 4.34. The summed E-state index contributed by atoms with van der Waals surface area (Å²) in [5.41, 5.74) is 1.03. The number of nitrogens with zero attached hydrogens (tertiary/aromatic N) is 1. The third-order valence-corrected chi connectivity index (χ3v) is 2.91. The van der Waals surface area contributed by atoms with Crippen LogP contribution in [0, 0.1) is 10.1 Å². The molecule has 0 heterocycles. The number of carbonyl (C=O) groups excluding carboxylic acids is 1. The molecule has 0 aromatic heterocycles. The lowest BCUT2D eigenvalue weighted by molar-refractivity contribution is -0.384. The van der Waals surface area contributed by atoms with E-state index in [1.807, 2.05) is 24.3 Å². The molecule has 1 amide bonds. The molecule has 0 atom stereocenters. The molecule has 0 bridgehead atoms. The molecule has 0 saturated heterocycles. The maximum absolute atomic E-state index is 12.0. The molecule has 0 aliphatic heterocycles. The van der Waals surface area contributed by atoms with Crippen LogP contribution in [-0.4, -0.2) is 17.9 Å². The molecule has 0 fully saturated rings. The van der Waals surface area contributed by atoms with Crippen molar-refractivity contribution in [1.82, 2.24) is 5.32 Å². The van der Waals surface area contributed by atoms with Crippen LogP contribution in [0.2, 0.25) is 0 Å². The number of ether oxygens (including phenoxy) is 1. The zero-order valence-electron chi connectivity index (χ0n) is 11.4. The Balaban J connectivity index is 2.04. The molecule has 6 heteroatoms. The normalized spacial score (nSPS) is 9.95. The second kappa shape index (κ2) is 6.51. The van der Waals surface area contributed by atoms with Gasteiger partial charge in [0.05, 0.1) is 12.0 Å². The number of nitro groups is 1. The summed E-state index contributed by atoms with van der Waals surface area (Å²) in [6.07, 6.45) is 0. The van der Waals surface area contributed by atoms with Gasteiger partial charge in [0.15, 0.2) is 0 Å². The van der Waals surface area contributed by atoms with Crippen LogP contribution in [0.1, 0.15) is 15.9 Å². The predicted molar refractivity (Wildman–Crippen MR) is 77.3 cm³/mol. The summed E-state index contributed by atoms with van der Waals surface area (Å²) in [5.74, 6) is 0.346. The Kier molecular flexibility index (Phi) is 4.50. The highest BCUT2D eigenvalue weighted by atomic mass is 16.6. The Bertz CT molecular complexity index is 670. The van der Waals surface area contributed by atoms with Crippen molar-refractivity contribution in [3.8, 4) is 5.75 Å². The fraction of sp³-hybridized carbons (Fsp3) is 0.133. The highest BCUT2D eigenvalue weighted by Gasteiger charge is 2.11. The van der Waals surface area contributed by atoms with Crippen molar-refractivity contribution >= 4 is 11.6 Å². The Labute approximate surface area is 121 Å². The van der Waals surface area contributed by atoms with E-state index in [9.17, 15) is 14.9 Å². The van der Waals surface area contributed by atoms with Gasteiger partial charge in [0.1, 0.15) is 5.75 Å². The molecule has 2 aromatic rings. The number of nitro benzene ring substituents is 1. The maximum Gasteiger partial charge on any atom is 0.270 e. The Morgan fingerprint density at radius 1 is 1.24 bits per heavy atom. The van der Waals surface area contributed by atoms with E-state index in [2.05, 4.69) is 5.32 Å². The monoisotopic (exact) mass is 286 g/mol. The van der Waals surface area contributed by atoms with Gasteiger partial charge in [-0.25, -0.2) is 0 Å². The van der Waals surface area contributed by atoms with Gasteiger partial charge < -0.3 is 10.1 Å². The van der Waals surface area contributed by atoms with Crippen LogP contribution < -0.4 is 10.1 Å². The van der Waals surface area contributed by atoms with Crippen LogP contribution in [-0.2, 0) is 6.54 Å². The molecule has 2 rings (SSSR count). The summed E-state index contributed by atoms with van der Waals surface area (Å²) >= 11 is 0. The van der Waals surface area contributed by atoms with E-state index >= 15 is 0 Å². The van der Waals surface area contributed by atoms with E-state index in [4.69, 9.17) is 4.74 Å². The van der Waals surface area contributed by atoms with Crippen LogP contribution in [0.4, 0.5) is 5.69 Å². The number of nitrogens with one attached hydrogen (secondary N) is 1. The third-order valence-electron chi connectivity index (χ3n) is 2.91. The van der Waals surface area contributed by atoms with E-state index in [0.29, 0.717) is 12.3 Å². The Morgan fingerprint density at radius 2 is 2.00 bits per heavy atom. The SMILES string of the molecule is COc1cccc(CNC(=O)c2cccc([N+](=O)[O-])c2)c1. The van der Waals surface area contributed by atoms with E-state index in [-0.39, 0.29) is 17.2 Å². The van der Waals surface area contributed by atoms with Crippen molar-refractivity contribution in [2.75, 3.05) is 7.11 Å². The van der Waals surface area contributed by atoms with Gasteiger partial charge in [-0.05, 0) is 23.8 Å². The Morgan fingerprint density at radius 3 is 2.71 bits per heavy atom. The quantitative estimate of drug-likeness (QED) is 0.676. The second-order valence-electron chi connectivity index (χ2n) is 4.34. The summed E-state index contributed by atoms with van der Waals surface area (Å²) in [6.45, 7) is 0.318. The average molecular weight is 286 g/mol. The molecule has 0 aliphatic carbocycles. The minimum absolute atomic E-state index is 0.107. The minimum Gasteiger partial charge on any atom is -0.497 e. The molecule has 108 valence electrons. The highest BCUT2D eigenvalue weighted by Crippen LogP contribution is 2.14. The molecule has 6 nitrogen and oxygen atoms in total. The van der Waals surface area contributed by atoms with E-state index in [1.165, 1.54) is 24.3 Å². The maximum atomic E-state index is 12.0. The number of hydrogen-bond acceptors (Lipinski definition) is 4. The molecule has 1 N–H and O–H groups in total. The first-order valence-electron chi connectivity index (χ1n) is 6.26. The lowest BCUT2D eigenvalue weighted by atomic mass is 10.1. The molecule has 2 aromatic carbocycles. The van der Waals surface area contributed by atoms with Gasteiger partial charge >= 0.3 is 0 Å². The summed E-state index contributed by atoms with van der Waals surface area (Å²) in [6, 6.07) is 12.9. The first-order valence-corrected chi connectivity index (χ1v) is 6.26. The summed E-state index contributed by atoms with van der Waals surface area (Å²) in [5, 5.41) is 13.4. The molecule has 0 aliphatic rings. The van der Waals surface area contributed by atoms with Crippen molar-refractivity contribution in [3.63, 3.8) is 0 Å². The highest BCUT2D eigenvalue weighted by molar-refractivity contribution is 5.94. The largest absolute Gasteiger partial charge is 0.497 e. The number of carbonyl (C=O) groups is 1. The zero-order valence-corrected chi connectivity index (χ0v) is 11.4. The third kappa shape index (κ3) is 3.79. The lowest BCUT2D eigenvalue weighted by Crippen LogP contribution is -2.22. The van der Waals surface area contributed by atoms with Crippen LogP contribution in [0.5, 0.6) is 5.75 Å². The van der Waals surface area contributed by atoms with Crippen LogP contribution in [0.15, 0.2) is 48.5 Å². The fourth-order valence-electron chi connectivity index (χ4n) is 1.83. The minimum atomic E-state index is -0.529. The van der Waals surface area contributed by atoms with Crippen molar-refractivity contribution in [2.24, 2.45) is 0 Å². The van der Waals surface area contributed by atoms with Gasteiger partial charge in [0.25, 0.3) is 11.6 Å². The van der Waals surface area contributed by atoms with Crippen LogP contribution in [0.3, 0.4) is 0 Å². The number of hydrogen-bond donors (Lipinski definition) is 1. The van der Waals surface area contributed by atoms with E-state index < -0.39 is 4.92 Å². The van der Waals surface area contributed by atoms with Crippen LogP contribution >= 0.6 is 0 Å². The molecular weight excluding hydrogens is 272 g/mol. The summed E-state index contributed by atoms with van der Waals surface area (Å²) in [7, 11) is 1.57. The van der Waals surface area contributed by atoms with Crippen LogP contribution in [0.25, 0.3) is 0 Å². The van der Waals surface area contributed by atoms with Gasteiger partial charge in [0.2, 0.25) is 0 Å². The molecule has 0 saturated carbocycles. The molecular formula is C15H14N2O4. The number of methoxy groups -OCH3 is 1. The topological polar surface area (TPSA) is 81.5 Å². The average Bonchev–Trinajstić information content (AvgIpc) is 2.53. The van der Waals surface area contributed by atoms with Crippen molar-refractivity contribution in [1.29, 1.82) is 0 Å². The summed E-state index contributed by atoms with van der Waals surface area (Å²) < 4.78 is 5.10. The fourth-order valence-corrected chi connectivity index (χ4v) is 1.83.